The van der Waals surface area contributed by atoms with Crippen LogP contribution in [0.2, 0.25) is 10.3 Å². The molecule has 10 nitrogen and oxygen atoms in total. The van der Waals surface area contributed by atoms with Crippen molar-refractivity contribution >= 4 is 35.0 Å². The van der Waals surface area contributed by atoms with Gasteiger partial charge in [-0.1, -0.05) is 96.7 Å². The van der Waals surface area contributed by atoms with Gasteiger partial charge in [0.2, 0.25) is 11.8 Å². The van der Waals surface area contributed by atoms with Crippen molar-refractivity contribution in [1.29, 1.82) is 0 Å². The number of rotatable bonds is 15. The summed E-state index contributed by atoms with van der Waals surface area (Å²) >= 11 is 12.5. The number of aromatic nitrogens is 2. The highest BCUT2D eigenvalue weighted by atomic mass is 35.5. The maximum Gasteiger partial charge on any atom is 0.243 e. The largest absolute Gasteiger partial charge is 0.392 e. The quantitative estimate of drug-likeness (QED) is 0.0595. The molecule has 1 saturated heterocycles. The molecule has 5 rings (SSSR count). The summed E-state index contributed by atoms with van der Waals surface area (Å²) in [6, 6.07) is 23.8. The van der Waals surface area contributed by atoms with E-state index in [-0.39, 0.29) is 42.2 Å². The average molecular weight is 696 g/mol. The number of unbranched alkanes of at least 4 members (excludes halogenated alkanes) is 3. The lowest BCUT2D eigenvalue weighted by Crippen LogP contribution is -2.32. The molecule has 3 aromatic carbocycles. The third-order valence-corrected chi connectivity index (χ3v) is 9.11. The third-order valence-electron chi connectivity index (χ3n) is 8.34. The Bertz CT molecular complexity index is 1660. The van der Waals surface area contributed by atoms with Gasteiger partial charge >= 0.3 is 0 Å². The zero-order chi connectivity index (χ0) is 33.9. The van der Waals surface area contributed by atoms with Crippen molar-refractivity contribution in [3.8, 4) is 11.1 Å². The highest BCUT2D eigenvalue weighted by Gasteiger charge is 2.33. The van der Waals surface area contributed by atoms with Crippen molar-refractivity contribution in [2.24, 2.45) is 0 Å². The van der Waals surface area contributed by atoms with Crippen LogP contribution in [0.1, 0.15) is 79.6 Å². The van der Waals surface area contributed by atoms with Gasteiger partial charge in [0.15, 0.2) is 11.4 Å². The van der Waals surface area contributed by atoms with Crippen molar-refractivity contribution in [1.82, 2.24) is 20.3 Å². The number of hydrogen-bond donors (Lipinski definition) is 4. The molecule has 48 heavy (non-hydrogen) atoms. The fourth-order valence-electron chi connectivity index (χ4n) is 5.72. The molecular formula is C36H40Cl2N4O6. The minimum absolute atomic E-state index is 0.0172. The maximum absolute atomic E-state index is 12.4. The molecule has 4 aromatic rings. The van der Waals surface area contributed by atoms with Gasteiger partial charge < -0.3 is 24.5 Å². The number of carbonyl (C=O) groups excluding carboxylic acids is 2. The Labute approximate surface area is 290 Å². The summed E-state index contributed by atoms with van der Waals surface area (Å²) < 4.78 is 14.8. The Hall–Kier alpha value is -3.77. The number of halogens is 2. The van der Waals surface area contributed by atoms with Gasteiger partial charge in [-0.25, -0.2) is 10.5 Å². The number of ether oxygens (including phenoxy) is 2. The monoisotopic (exact) mass is 694 g/mol. The lowest BCUT2D eigenvalue weighted by molar-refractivity contribution is -0.252. The number of benzene rings is 3. The summed E-state index contributed by atoms with van der Waals surface area (Å²) in [6.07, 6.45) is 4.80. The lowest BCUT2D eigenvalue weighted by atomic mass is 9.98. The van der Waals surface area contributed by atoms with Crippen LogP contribution in [0.15, 0.2) is 79.1 Å². The van der Waals surface area contributed by atoms with Gasteiger partial charge in [-0.05, 0) is 52.8 Å². The summed E-state index contributed by atoms with van der Waals surface area (Å²) in [5, 5.41) is 21.7. The molecule has 0 bridgehead atoms. The zero-order valence-electron chi connectivity index (χ0n) is 26.5. The van der Waals surface area contributed by atoms with Crippen LogP contribution in [0.5, 0.6) is 0 Å². The fraction of sp³-hybridized carbons (Fsp3) is 0.361. The first-order valence-corrected chi connectivity index (χ1v) is 16.8. The lowest BCUT2D eigenvalue weighted by Gasteiger charge is -2.36. The first-order chi connectivity index (χ1) is 23.3. The van der Waals surface area contributed by atoms with Crippen LogP contribution in [-0.4, -0.2) is 37.8 Å². The number of aliphatic hydroxyl groups excluding tert-OH is 1. The number of aliphatic hydroxyl groups is 1. The molecule has 1 aliphatic rings. The molecule has 0 aliphatic carbocycles. The van der Waals surface area contributed by atoms with Crippen molar-refractivity contribution < 1.29 is 29.4 Å². The van der Waals surface area contributed by atoms with Gasteiger partial charge in [0.05, 0.1) is 31.7 Å². The van der Waals surface area contributed by atoms with Gasteiger partial charge in [-0.3, -0.25) is 14.8 Å². The van der Waals surface area contributed by atoms with Crippen molar-refractivity contribution in [3.63, 3.8) is 0 Å². The molecule has 2 amide bonds. The molecule has 0 spiro atoms. The molecule has 1 aromatic heterocycles. The van der Waals surface area contributed by atoms with E-state index in [0.717, 1.165) is 52.6 Å². The van der Waals surface area contributed by atoms with Crippen molar-refractivity contribution in [2.75, 3.05) is 0 Å². The second-order valence-corrected chi connectivity index (χ2v) is 12.6. The SMILES string of the molecule is O=C(CCCCCCC(=O)NCc1cccc(-c2cccc(C3OC(Cn4cnc(Cl)c4Cl)CC(c4ccc(CO)cc4)O3)c2)c1)NO. The molecule has 1 aliphatic heterocycles. The smallest absolute Gasteiger partial charge is 0.243 e. The zero-order valence-corrected chi connectivity index (χ0v) is 28.0. The summed E-state index contributed by atoms with van der Waals surface area (Å²) in [4.78, 5) is 27.6. The number of imidazole rings is 1. The Morgan fingerprint density at radius 1 is 0.854 bits per heavy atom. The van der Waals surface area contributed by atoms with E-state index in [9.17, 15) is 14.7 Å². The molecule has 1 fully saturated rings. The Morgan fingerprint density at radius 2 is 1.56 bits per heavy atom. The molecule has 254 valence electrons. The van der Waals surface area contributed by atoms with Gasteiger partial charge in [0.25, 0.3) is 0 Å². The first-order valence-electron chi connectivity index (χ1n) is 16.1. The van der Waals surface area contributed by atoms with Crippen LogP contribution in [-0.2, 0) is 38.8 Å². The van der Waals surface area contributed by atoms with E-state index in [1.165, 1.54) is 0 Å². The third kappa shape index (κ3) is 9.88. The fourth-order valence-corrected chi connectivity index (χ4v) is 6.03. The molecule has 3 atom stereocenters. The Morgan fingerprint density at radius 3 is 2.25 bits per heavy atom. The second kappa shape index (κ2) is 17.6. The second-order valence-electron chi connectivity index (χ2n) is 11.9. The van der Waals surface area contributed by atoms with Gasteiger partial charge in [-0.15, -0.1) is 0 Å². The normalized spacial score (nSPS) is 17.6. The summed E-state index contributed by atoms with van der Waals surface area (Å²) in [5.74, 6) is -0.406. The van der Waals surface area contributed by atoms with Crippen LogP contribution < -0.4 is 10.8 Å². The minimum Gasteiger partial charge on any atom is -0.392 e. The van der Waals surface area contributed by atoms with E-state index < -0.39 is 6.29 Å². The van der Waals surface area contributed by atoms with E-state index in [1.54, 1.807) is 16.4 Å². The Kier molecular flexibility index (Phi) is 13.0. The van der Waals surface area contributed by atoms with E-state index in [0.29, 0.717) is 37.5 Å². The highest BCUT2D eigenvalue weighted by molar-refractivity contribution is 6.40. The molecular weight excluding hydrogens is 655 g/mol. The van der Waals surface area contributed by atoms with E-state index in [1.807, 2.05) is 60.7 Å². The number of hydroxylamine groups is 1. The average Bonchev–Trinajstić information content (AvgIpc) is 3.44. The predicted molar refractivity (Wildman–Crippen MR) is 182 cm³/mol. The summed E-state index contributed by atoms with van der Waals surface area (Å²) in [7, 11) is 0. The number of nitrogens with one attached hydrogen (secondary N) is 2. The summed E-state index contributed by atoms with van der Waals surface area (Å²) in [5.41, 5.74) is 7.26. The van der Waals surface area contributed by atoms with Crippen LogP contribution in [0.4, 0.5) is 0 Å². The van der Waals surface area contributed by atoms with Crippen molar-refractivity contribution in [3.05, 3.63) is 112 Å². The maximum atomic E-state index is 12.4. The van der Waals surface area contributed by atoms with Gasteiger partial charge in [0.1, 0.15) is 5.15 Å². The molecule has 0 saturated carbocycles. The number of amides is 2. The van der Waals surface area contributed by atoms with Crippen molar-refractivity contribution in [2.45, 2.75) is 83.1 Å². The van der Waals surface area contributed by atoms with E-state index >= 15 is 0 Å². The predicted octanol–water partition coefficient (Wildman–Crippen LogP) is 7.06. The van der Waals surface area contributed by atoms with Crippen LogP contribution in [0.25, 0.3) is 11.1 Å². The minimum atomic E-state index is -0.654. The summed E-state index contributed by atoms with van der Waals surface area (Å²) in [6.45, 7) is 0.828. The van der Waals surface area contributed by atoms with Crippen LogP contribution in [0.3, 0.4) is 0 Å². The first kappa shape index (κ1) is 35.5. The van der Waals surface area contributed by atoms with E-state index in [2.05, 4.69) is 22.4 Å². The number of nitrogens with zero attached hydrogens (tertiary/aromatic N) is 2. The molecule has 12 heteroatoms. The molecule has 2 heterocycles. The topological polar surface area (TPSA) is 135 Å². The molecule has 0 radical (unpaired) electrons. The van der Waals surface area contributed by atoms with Gasteiger partial charge in [0, 0.05) is 31.4 Å². The highest BCUT2D eigenvalue weighted by Crippen LogP contribution is 2.39. The number of hydrogen-bond acceptors (Lipinski definition) is 7. The van der Waals surface area contributed by atoms with E-state index in [4.69, 9.17) is 37.9 Å². The number of carbonyl (C=O) groups is 2. The van der Waals surface area contributed by atoms with Crippen LogP contribution in [0, 0.1) is 0 Å². The molecule has 4 N–H and O–H groups in total. The van der Waals surface area contributed by atoms with Crippen LogP contribution >= 0.6 is 23.2 Å². The van der Waals surface area contributed by atoms with Gasteiger partial charge in [-0.2, -0.15) is 0 Å². The standard InChI is InChI=1S/C36H40Cl2N4O6/c37-34-35(38)42(23-40-34)21-30-19-31(26-15-13-24(22-43)14-16-26)48-36(47-30)29-10-6-9-28(18-29)27-8-5-7-25(17-27)20-39-32(44)11-3-1-2-4-12-33(45)41-46/h5-10,13-18,23,30-31,36,43,46H,1-4,11-12,19-22H2,(H,39,44)(H,41,45). The molecule has 3 unspecified atom stereocenters. The Balaban J connectivity index is 1.24.